The van der Waals surface area contributed by atoms with Gasteiger partial charge in [-0.05, 0) is 42.3 Å². The molecular formula is C19H20FN3O4S. The first-order chi connectivity index (χ1) is 13.1. The molecule has 0 saturated heterocycles. The number of halogens is 1. The average molecular weight is 405 g/mol. The van der Waals surface area contributed by atoms with Crippen LogP contribution in [0.2, 0.25) is 0 Å². The second-order valence-electron chi connectivity index (χ2n) is 6.79. The number of nitrogens with zero attached hydrogens (tertiary/aromatic N) is 1. The van der Waals surface area contributed by atoms with Gasteiger partial charge in [0.15, 0.2) is 0 Å². The van der Waals surface area contributed by atoms with Gasteiger partial charge in [0.25, 0.3) is 0 Å². The molecule has 0 aliphatic carbocycles. The Kier molecular flexibility index (Phi) is 5.22. The Morgan fingerprint density at radius 3 is 2.61 bits per heavy atom. The first-order valence-electron chi connectivity index (χ1n) is 8.53. The summed E-state index contributed by atoms with van der Waals surface area (Å²) in [4.78, 5) is 24.8. The maximum atomic E-state index is 13.4. The molecule has 2 amide bonds. The van der Waals surface area contributed by atoms with Crippen LogP contribution in [0.15, 0.2) is 41.3 Å². The number of carbonyl (C=O) groups excluding carboxylic acids is 2. The minimum atomic E-state index is -3.68. The van der Waals surface area contributed by atoms with Gasteiger partial charge in [-0.25, -0.2) is 17.1 Å². The molecule has 0 saturated carbocycles. The molecule has 28 heavy (non-hydrogen) atoms. The average Bonchev–Trinajstić information content (AvgIpc) is 2.61. The number of rotatable bonds is 4. The van der Waals surface area contributed by atoms with E-state index in [2.05, 4.69) is 10.6 Å². The van der Waals surface area contributed by atoms with Crippen LogP contribution in [0.5, 0.6) is 0 Å². The number of fused-ring (bicyclic) bond motifs is 1. The molecule has 0 spiro atoms. The van der Waals surface area contributed by atoms with Crippen molar-refractivity contribution in [2.45, 2.75) is 24.2 Å². The fourth-order valence-corrected chi connectivity index (χ4v) is 4.20. The number of nitrogens with one attached hydrogen (secondary N) is 2. The molecule has 3 rings (SSSR count). The number of anilines is 2. The van der Waals surface area contributed by atoms with E-state index < -0.39 is 33.6 Å². The van der Waals surface area contributed by atoms with Gasteiger partial charge in [-0.2, -0.15) is 0 Å². The summed E-state index contributed by atoms with van der Waals surface area (Å²) in [5.74, 6) is -2.19. The second-order valence-corrected chi connectivity index (χ2v) is 8.91. The first-order valence-corrected chi connectivity index (χ1v) is 9.97. The maximum absolute atomic E-state index is 13.4. The van der Waals surface area contributed by atoms with Crippen molar-refractivity contribution in [1.29, 1.82) is 0 Å². The van der Waals surface area contributed by atoms with Crippen molar-refractivity contribution in [3.05, 3.63) is 53.3 Å². The maximum Gasteiger partial charge on any atom is 0.242 e. The van der Waals surface area contributed by atoms with Crippen LogP contribution >= 0.6 is 0 Å². The molecule has 0 fully saturated rings. The Labute approximate surface area is 162 Å². The summed E-state index contributed by atoms with van der Waals surface area (Å²) in [6, 6.07) is 8.44. The van der Waals surface area contributed by atoms with E-state index in [4.69, 9.17) is 0 Å². The zero-order chi connectivity index (χ0) is 20.6. The molecule has 1 atom stereocenters. The van der Waals surface area contributed by atoms with E-state index in [-0.39, 0.29) is 17.0 Å². The number of sulfonamides is 1. The molecule has 2 aromatic rings. The zero-order valence-corrected chi connectivity index (χ0v) is 16.4. The molecule has 1 heterocycles. The third-order valence-electron chi connectivity index (χ3n) is 4.59. The lowest BCUT2D eigenvalue weighted by Gasteiger charge is -2.25. The Balaban J connectivity index is 1.92. The van der Waals surface area contributed by atoms with Crippen molar-refractivity contribution in [3.63, 3.8) is 0 Å². The van der Waals surface area contributed by atoms with E-state index in [1.165, 1.54) is 38.4 Å². The Bertz CT molecular complexity index is 1070. The van der Waals surface area contributed by atoms with Gasteiger partial charge in [-0.3, -0.25) is 9.59 Å². The van der Waals surface area contributed by atoms with Crippen LogP contribution in [-0.4, -0.2) is 38.6 Å². The van der Waals surface area contributed by atoms with Crippen LogP contribution in [0.1, 0.15) is 23.5 Å². The molecule has 1 aliphatic heterocycles. The molecule has 0 aromatic heterocycles. The number of amides is 2. The van der Waals surface area contributed by atoms with E-state index >= 15 is 0 Å². The summed E-state index contributed by atoms with van der Waals surface area (Å²) >= 11 is 0. The molecule has 7 nitrogen and oxygen atoms in total. The van der Waals surface area contributed by atoms with Gasteiger partial charge in [0, 0.05) is 31.9 Å². The van der Waals surface area contributed by atoms with Crippen LogP contribution < -0.4 is 10.6 Å². The fraction of sp³-hybridized carbons (Fsp3) is 0.263. The van der Waals surface area contributed by atoms with Crippen LogP contribution in [0, 0.1) is 12.7 Å². The van der Waals surface area contributed by atoms with Crippen LogP contribution in [-0.2, 0) is 19.6 Å². The number of carbonyl (C=O) groups is 2. The summed E-state index contributed by atoms with van der Waals surface area (Å²) in [6.45, 7) is 1.66. The van der Waals surface area contributed by atoms with Crippen LogP contribution in [0.25, 0.3) is 0 Å². The normalized spacial score (nSPS) is 16.5. The predicted octanol–water partition coefficient (Wildman–Crippen LogP) is 2.45. The highest BCUT2D eigenvalue weighted by molar-refractivity contribution is 7.89. The van der Waals surface area contributed by atoms with E-state index in [1.807, 2.05) is 0 Å². The number of hydrogen-bond donors (Lipinski definition) is 2. The van der Waals surface area contributed by atoms with Gasteiger partial charge in [0.1, 0.15) is 5.82 Å². The Hall–Kier alpha value is -2.78. The number of hydrogen-bond acceptors (Lipinski definition) is 4. The molecule has 0 radical (unpaired) electrons. The standard InChI is InChI=1S/C19H20FN3O4S/c1-11-4-6-13(9-17(11)28(26,27)23(2)3)21-19(25)15-10-18(24)22-16-8-12(20)5-7-14(15)16/h4-9,15H,10H2,1-3H3,(H,21,25)(H,22,24)/t15-/m1/s1. The highest BCUT2D eigenvalue weighted by Crippen LogP contribution is 2.34. The SMILES string of the molecule is Cc1ccc(NC(=O)[C@@H]2CC(=O)Nc3cc(F)ccc32)cc1S(=O)(=O)N(C)C. The highest BCUT2D eigenvalue weighted by atomic mass is 32.2. The molecule has 1 aliphatic rings. The molecule has 9 heteroatoms. The summed E-state index contributed by atoms with van der Waals surface area (Å²) in [7, 11) is -0.822. The molecule has 2 aromatic carbocycles. The van der Waals surface area contributed by atoms with Crippen molar-refractivity contribution in [1.82, 2.24) is 4.31 Å². The van der Waals surface area contributed by atoms with E-state index in [1.54, 1.807) is 19.1 Å². The molecule has 0 unspecified atom stereocenters. The van der Waals surface area contributed by atoms with Crippen molar-refractivity contribution in [2.75, 3.05) is 24.7 Å². The predicted molar refractivity (Wildman–Crippen MR) is 103 cm³/mol. The first kappa shape index (κ1) is 20.0. The monoisotopic (exact) mass is 405 g/mol. The lowest BCUT2D eigenvalue weighted by molar-refractivity contribution is -0.123. The van der Waals surface area contributed by atoms with Gasteiger partial charge in [-0.1, -0.05) is 12.1 Å². The third-order valence-corrected chi connectivity index (χ3v) is 6.54. The fourth-order valence-electron chi connectivity index (χ4n) is 3.05. The number of benzene rings is 2. The lowest BCUT2D eigenvalue weighted by Crippen LogP contribution is -2.31. The topological polar surface area (TPSA) is 95.6 Å². The second kappa shape index (κ2) is 7.33. The van der Waals surface area contributed by atoms with E-state index in [0.29, 0.717) is 16.8 Å². The molecular weight excluding hydrogens is 385 g/mol. The summed E-state index contributed by atoms with van der Waals surface area (Å²) in [5.41, 5.74) is 1.61. The minimum absolute atomic E-state index is 0.0826. The van der Waals surface area contributed by atoms with Gasteiger partial charge in [0.05, 0.1) is 10.8 Å². The van der Waals surface area contributed by atoms with Gasteiger partial charge in [0.2, 0.25) is 21.8 Å². The quantitative estimate of drug-likeness (QED) is 0.817. The van der Waals surface area contributed by atoms with Crippen LogP contribution in [0.3, 0.4) is 0 Å². The highest BCUT2D eigenvalue weighted by Gasteiger charge is 2.31. The van der Waals surface area contributed by atoms with Crippen molar-refractivity contribution >= 4 is 33.2 Å². The summed E-state index contributed by atoms with van der Waals surface area (Å²) < 4.78 is 39.4. The van der Waals surface area contributed by atoms with Gasteiger partial charge < -0.3 is 10.6 Å². The summed E-state index contributed by atoms with van der Waals surface area (Å²) in [5, 5.41) is 5.23. The smallest absolute Gasteiger partial charge is 0.242 e. The van der Waals surface area contributed by atoms with E-state index in [9.17, 15) is 22.4 Å². The number of aryl methyl sites for hydroxylation is 1. The van der Waals surface area contributed by atoms with Crippen molar-refractivity contribution in [3.8, 4) is 0 Å². The lowest BCUT2D eigenvalue weighted by atomic mass is 9.89. The Morgan fingerprint density at radius 2 is 1.93 bits per heavy atom. The zero-order valence-electron chi connectivity index (χ0n) is 15.6. The molecule has 148 valence electrons. The van der Waals surface area contributed by atoms with Gasteiger partial charge >= 0.3 is 0 Å². The summed E-state index contributed by atoms with van der Waals surface area (Å²) in [6.07, 6.45) is -0.0841. The van der Waals surface area contributed by atoms with Crippen LogP contribution in [0.4, 0.5) is 15.8 Å². The van der Waals surface area contributed by atoms with Crippen molar-refractivity contribution in [2.24, 2.45) is 0 Å². The molecule has 0 bridgehead atoms. The van der Waals surface area contributed by atoms with E-state index in [0.717, 1.165) is 4.31 Å². The third kappa shape index (κ3) is 3.76. The van der Waals surface area contributed by atoms with Crippen molar-refractivity contribution < 1.29 is 22.4 Å². The van der Waals surface area contributed by atoms with Gasteiger partial charge in [-0.15, -0.1) is 0 Å². The molecule has 2 N–H and O–H groups in total. The largest absolute Gasteiger partial charge is 0.326 e. The Morgan fingerprint density at radius 1 is 1.21 bits per heavy atom. The minimum Gasteiger partial charge on any atom is -0.326 e.